The highest BCUT2D eigenvalue weighted by Crippen LogP contribution is 2.25. The highest BCUT2D eigenvalue weighted by atomic mass is 32.2. The summed E-state index contributed by atoms with van der Waals surface area (Å²) in [6.45, 7) is 1.84. The molecule has 1 fully saturated rings. The van der Waals surface area contributed by atoms with Crippen molar-refractivity contribution in [3.8, 4) is 0 Å². The molecule has 1 aromatic rings. The molecule has 3 N–H and O–H groups in total. The van der Waals surface area contributed by atoms with Gasteiger partial charge < -0.3 is 5.73 Å². The minimum absolute atomic E-state index is 0.234. The van der Waals surface area contributed by atoms with E-state index < -0.39 is 15.8 Å². The van der Waals surface area contributed by atoms with E-state index in [0.29, 0.717) is 6.54 Å². The van der Waals surface area contributed by atoms with E-state index in [1.165, 1.54) is 25.5 Å². The van der Waals surface area contributed by atoms with Crippen molar-refractivity contribution in [3.63, 3.8) is 0 Å². The van der Waals surface area contributed by atoms with Gasteiger partial charge in [-0.15, -0.1) is 0 Å². The number of hydrogen-bond donors (Lipinski definition) is 2. The van der Waals surface area contributed by atoms with Gasteiger partial charge in [0.2, 0.25) is 10.0 Å². The van der Waals surface area contributed by atoms with E-state index >= 15 is 0 Å². The van der Waals surface area contributed by atoms with Crippen LogP contribution in [0.3, 0.4) is 0 Å². The molecule has 1 aromatic carbocycles. The number of hydrogen-bond acceptors (Lipinski definition) is 4. The number of nitrogen functional groups attached to an aromatic ring is 1. The van der Waals surface area contributed by atoms with Gasteiger partial charge in [-0.05, 0) is 43.2 Å². The Morgan fingerprint density at radius 2 is 2.20 bits per heavy atom. The average Bonchev–Trinajstić information content (AvgIpc) is 2.42. The number of benzene rings is 1. The first-order valence-corrected chi connectivity index (χ1v) is 9.10. The van der Waals surface area contributed by atoms with E-state index in [1.54, 1.807) is 11.8 Å². The molecule has 0 aliphatic carbocycles. The summed E-state index contributed by atoms with van der Waals surface area (Å²) in [7, 11) is -3.85. The zero-order valence-electron chi connectivity index (χ0n) is 11.4. The molecule has 1 aliphatic rings. The van der Waals surface area contributed by atoms with Crippen LogP contribution in [0.2, 0.25) is 0 Å². The van der Waals surface area contributed by atoms with Crippen LogP contribution >= 0.6 is 11.8 Å². The summed E-state index contributed by atoms with van der Waals surface area (Å²) in [5, 5.41) is 0.267. The molecule has 1 heterocycles. The first kappa shape index (κ1) is 15.6. The lowest BCUT2D eigenvalue weighted by atomic mass is 10.2. The lowest BCUT2D eigenvalue weighted by Gasteiger charge is -2.21. The van der Waals surface area contributed by atoms with E-state index in [-0.39, 0.29) is 21.4 Å². The zero-order chi connectivity index (χ0) is 14.8. The molecule has 0 spiro atoms. The number of nitrogens with one attached hydrogen (secondary N) is 1. The summed E-state index contributed by atoms with van der Waals surface area (Å²) in [6.07, 6.45) is 3.29. The maximum atomic E-state index is 14.0. The Hall–Kier alpha value is -0.790. The lowest BCUT2D eigenvalue weighted by Crippen LogP contribution is -2.32. The molecule has 112 valence electrons. The van der Waals surface area contributed by atoms with Gasteiger partial charge in [0.15, 0.2) is 0 Å². The molecule has 1 atom stereocenters. The molecule has 1 aliphatic heterocycles. The number of halogens is 1. The number of aryl methyl sites for hydroxylation is 1. The number of sulfonamides is 1. The third-order valence-corrected chi connectivity index (χ3v) is 6.13. The second kappa shape index (κ2) is 6.32. The molecule has 1 unspecified atom stereocenters. The summed E-state index contributed by atoms with van der Waals surface area (Å²) >= 11 is 1.76. The summed E-state index contributed by atoms with van der Waals surface area (Å²) in [4.78, 5) is -0.365. The fraction of sp³-hybridized carbons (Fsp3) is 0.538. The van der Waals surface area contributed by atoms with Crippen molar-refractivity contribution < 1.29 is 12.8 Å². The Bertz CT molecular complexity index is 584. The third kappa shape index (κ3) is 3.65. The molecule has 20 heavy (non-hydrogen) atoms. The molecular weight excluding hydrogens is 299 g/mol. The van der Waals surface area contributed by atoms with Gasteiger partial charge in [0.25, 0.3) is 0 Å². The summed E-state index contributed by atoms with van der Waals surface area (Å²) < 4.78 is 40.8. The van der Waals surface area contributed by atoms with Crippen LogP contribution in [0.5, 0.6) is 0 Å². The van der Waals surface area contributed by atoms with E-state index in [2.05, 4.69) is 4.72 Å². The normalized spacial score (nSPS) is 20.0. The monoisotopic (exact) mass is 318 g/mol. The molecule has 7 heteroatoms. The second-order valence-corrected chi connectivity index (χ2v) is 8.13. The Labute approximate surface area is 123 Å². The molecule has 0 radical (unpaired) electrons. The highest BCUT2D eigenvalue weighted by molar-refractivity contribution is 8.00. The van der Waals surface area contributed by atoms with Crippen LogP contribution in [0.25, 0.3) is 0 Å². The largest absolute Gasteiger partial charge is 0.399 e. The number of thioether (sulfide) groups is 1. The van der Waals surface area contributed by atoms with Crippen molar-refractivity contribution >= 4 is 27.5 Å². The second-order valence-electron chi connectivity index (χ2n) is 4.99. The van der Waals surface area contributed by atoms with Crippen LogP contribution in [-0.2, 0) is 10.0 Å². The number of rotatable bonds is 4. The van der Waals surface area contributed by atoms with Crippen molar-refractivity contribution in [1.29, 1.82) is 0 Å². The first-order valence-electron chi connectivity index (χ1n) is 6.57. The van der Waals surface area contributed by atoms with Crippen molar-refractivity contribution in [3.05, 3.63) is 23.5 Å². The van der Waals surface area contributed by atoms with E-state index in [0.717, 1.165) is 18.6 Å². The summed E-state index contributed by atoms with van der Waals surface area (Å²) in [5.74, 6) is 0.320. The molecule has 2 rings (SSSR count). The maximum Gasteiger partial charge on any atom is 0.243 e. The van der Waals surface area contributed by atoms with Gasteiger partial charge in [-0.25, -0.2) is 17.5 Å². The molecule has 0 aromatic heterocycles. The fourth-order valence-corrected chi connectivity index (χ4v) is 4.82. The van der Waals surface area contributed by atoms with E-state index in [9.17, 15) is 12.8 Å². The first-order chi connectivity index (χ1) is 9.40. The predicted molar refractivity (Wildman–Crippen MR) is 80.8 cm³/mol. The van der Waals surface area contributed by atoms with Gasteiger partial charge in [-0.1, -0.05) is 6.42 Å². The Morgan fingerprint density at radius 3 is 2.85 bits per heavy atom. The van der Waals surface area contributed by atoms with Crippen molar-refractivity contribution in [1.82, 2.24) is 4.72 Å². The van der Waals surface area contributed by atoms with E-state index in [1.807, 2.05) is 0 Å². The van der Waals surface area contributed by atoms with Crippen LogP contribution in [0.15, 0.2) is 17.0 Å². The summed E-state index contributed by atoms with van der Waals surface area (Å²) in [6, 6.07) is 2.59. The van der Waals surface area contributed by atoms with Crippen molar-refractivity contribution in [2.45, 2.75) is 36.3 Å². The molecule has 0 saturated carbocycles. The molecule has 1 saturated heterocycles. The summed E-state index contributed by atoms with van der Waals surface area (Å²) in [5.41, 5.74) is 6.08. The minimum atomic E-state index is -3.85. The molecule has 0 amide bonds. The smallest absolute Gasteiger partial charge is 0.243 e. The Kier molecular flexibility index (Phi) is 4.93. The van der Waals surface area contributed by atoms with E-state index in [4.69, 9.17) is 5.73 Å². The Balaban J connectivity index is 2.14. The van der Waals surface area contributed by atoms with Gasteiger partial charge in [0, 0.05) is 17.5 Å². The van der Waals surface area contributed by atoms with Gasteiger partial charge in [0.05, 0.1) is 0 Å². The van der Waals surface area contributed by atoms with Crippen molar-refractivity contribution in [2.24, 2.45) is 0 Å². The maximum absolute atomic E-state index is 14.0. The quantitative estimate of drug-likeness (QED) is 0.836. The van der Waals surface area contributed by atoms with Crippen LogP contribution < -0.4 is 10.5 Å². The lowest BCUT2D eigenvalue weighted by molar-refractivity contribution is 0.549. The van der Waals surface area contributed by atoms with Crippen LogP contribution in [0, 0.1) is 12.7 Å². The SMILES string of the molecule is Cc1cc(N)cc(S(=O)(=O)NCC2CCCCS2)c1F. The van der Waals surface area contributed by atoms with Gasteiger partial charge in [0.1, 0.15) is 10.7 Å². The minimum Gasteiger partial charge on any atom is -0.399 e. The zero-order valence-corrected chi connectivity index (χ0v) is 13.0. The molecule has 0 bridgehead atoms. The van der Waals surface area contributed by atoms with Crippen LogP contribution in [-0.4, -0.2) is 26.0 Å². The standard InChI is InChI=1S/C13H19FN2O2S2/c1-9-6-10(15)7-12(13(9)14)20(17,18)16-8-11-4-2-3-5-19-11/h6-7,11,16H,2-5,8,15H2,1H3. The third-order valence-electron chi connectivity index (χ3n) is 3.31. The number of anilines is 1. The number of nitrogens with two attached hydrogens (primary N) is 1. The fourth-order valence-electron chi connectivity index (χ4n) is 2.21. The van der Waals surface area contributed by atoms with Gasteiger partial charge >= 0.3 is 0 Å². The average molecular weight is 318 g/mol. The topological polar surface area (TPSA) is 72.2 Å². The van der Waals surface area contributed by atoms with Gasteiger partial charge in [-0.3, -0.25) is 0 Å². The van der Waals surface area contributed by atoms with Crippen LogP contribution in [0.4, 0.5) is 10.1 Å². The van der Waals surface area contributed by atoms with Crippen molar-refractivity contribution in [2.75, 3.05) is 18.0 Å². The Morgan fingerprint density at radius 1 is 1.45 bits per heavy atom. The predicted octanol–water partition coefficient (Wildman–Crippen LogP) is 2.28. The molecule has 4 nitrogen and oxygen atoms in total. The molecular formula is C13H19FN2O2S2. The van der Waals surface area contributed by atoms with Gasteiger partial charge in [-0.2, -0.15) is 11.8 Å². The van der Waals surface area contributed by atoms with Crippen LogP contribution in [0.1, 0.15) is 24.8 Å². The highest BCUT2D eigenvalue weighted by Gasteiger charge is 2.23.